The van der Waals surface area contributed by atoms with Gasteiger partial charge in [-0.2, -0.15) is 0 Å². The topological polar surface area (TPSA) is 168 Å². The number of carbonyl (C=O) groups is 3. The van der Waals surface area contributed by atoms with Crippen molar-refractivity contribution in [2.24, 2.45) is 11.3 Å². The normalized spacial score (nSPS) is 22.2. The molecule has 0 bridgehead atoms. The molecule has 3 aromatic heterocycles. The van der Waals surface area contributed by atoms with Gasteiger partial charge in [0.25, 0.3) is 21.8 Å². The monoisotopic (exact) mass is 759 g/mol. The molecule has 1 saturated heterocycles. The number of aliphatic hydroxyl groups excluding tert-OH is 1. The highest BCUT2D eigenvalue weighted by atomic mass is 32.2. The number of aromatic nitrogens is 2. The molecular formula is C37H37N5O7S3. The number of rotatable bonds is 10. The van der Waals surface area contributed by atoms with Crippen molar-refractivity contribution < 1.29 is 32.6 Å². The molecule has 3 N–H and O–H groups in total. The van der Waals surface area contributed by atoms with Crippen molar-refractivity contribution in [3.63, 3.8) is 0 Å². The summed E-state index contributed by atoms with van der Waals surface area (Å²) in [5.41, 5.74) is -0.680. The zero-order valence-corrected chi connectivity index (χ0v) is 31.1. The van der Waals surface area contributed by atoms with E-state index in [2.05, 4.69) is 16.6 Å². The smallest absolute Gasteiger partial charge is 0.273 e. The van der Waals surface area contributed by atoms with E-state index in [1.54, 1.807) is 45.0 Å². The third-order valence-corrected chi connectivity index (χ3v) is 13.2. The van der Waals surface area contributed by atoms with E-state index in [1.165, 1.54) is 28.4 Å². The molecule has 2 fully saturated rings. The van der Waals surface area contributed by atoms with Gasteiger partial charge in [-0.25, -0.2) is 23.1 Å². The summed E-state index contributed by atoms with van der Waals surface area (Å²) in [6.07, 6.45) is -0.590. The number of fused-ring (bicyclic) bond motifs is 2. The van der Waals surface area contributed by atoms with Crippen LogP contribution in [0.4, 0.5) is 0 Å². The fraction of sp³-hybridized carbons (Fsp3) is 0.324. The summed E-state index contributed by atoms with van der Waals surface area (Å²) < 4.78 is 36.1. The Bertz CT molecular complexity index is 2290. The molecule has 7 rings (SSSR count). The second kappa shape index (κ2) is 13.4. The van der Waals surface area contributed by atoms with Crippen LogP contribution in [0.1, 0.15) is 33.6 Å². The van der Waals surface area contributed by atoms with Crippen LogP contribution in [0.3, 0.4) is 0 Å². The fourth-order valence-corrected chi connectivity index (χ4v) is 9.53. The van der Waals surface area contributed by atoms with Crippen LogP contribution >= 0.6 is 22.7 Å². The first-order valence-corrected chi connectivity index (χ1v) is 19.8. The van der Waals surface area contributed by atoms with E-state index in [-0.39, 0.29) is 29.5 Å². The Labute approximate surface area is 308 Å². The second-order valence-corrected chi connectivity index (χ2v) is 18.1. The van der Waals surface area contributed by atoms with Crippen molar-refractivity contribution in [3.05, 3.63) is 84.8 Å². The van der Waals surface area contributed by atoms with Crippen LogP contribution in [0.25, 0.3) is 31.7 Å². The molecule has 0 spiro atoms. The van der Waals surface area contributed by atoms with Crippen molar-refractivity contribution in [1.29, 1.82) is 0 Å². The number of hydrogen-bond acceptors (Lipinski definition) is 11. The largest absolute Gasteiger partial charge is 0.471 e. The summed E-state index contributed by atoms with van der Waals surface area (Å²) in [5, 5.41) is 16.5. The van der Waals surface area contributed by atoms with Crippen LogP contribution in [-0.4, -0.2) is 76.4 Å². The summed E-state index contributed by atoms with van der Waals surface area (Å²) >= 11 is 2.49. The highest BCUT2D eigenvalue weighted by molar-refractivity contribution is 7.92. The Hall–Kier alpha value is -4.70. The molecule has 12 nitrogen and oxygen atoms in total. The van der Waals surface area contributed by atoms with E-state index in [9.17, 15) is 27.9 Å². The van der Waals surface area contributed by atoms with E-state index in [1.807, 2.05) is 41.8 Å². The molecule has 52 heavy (non-hydrogen) atoms. The lowest BCUT2D eigenvalue weighted by atomic mass is 9.88. The molecule has 5 aromatic rings. The summed E-state index contributed by atoms with van der Waals surface area (Å²) in [7, 11) is -4.28. The molecule has 1 saturated carbocycles. The molecule has 2 aliphatic rings. The molecule has 1 aliphatic heterocycles. The molecule has 0 radical (unpaired) electrons. The minimum absolute atomic E-state index is 0.00333. The second-order valence-electron chi connectivity index (χ2n) is 14.1. The predicted molar refractivity (Wildman–Crippen MR) is 199 cm³/mol. The maximum absolute atomic E-state index is 14.2. The standard InChI is InChI=1S/C37H37N5O7S3/c1-5-22-19-37(22,35(46)41-52(47,48)29-17-21-11-6-9-14-27(21)51-29)40-32(44)26-18-23(20-42(26)34(45)31(43)36(2,3)4)49-33-30(28-15-10-16-50-28)38-24-12-7-8-13-25(24)39-33/h5-17,22-23,26,31,43H,1,18-20H2,2-4H3,(H,40,44)(H,41,46)/t22-,23-,26+,31-,37-/m1/s1. The van der Waals surface area contributed by atoms with E-state index >= 15 is 0 Å². The molecule has 1 aliphatic carbocycles. The van der Waals surface area contributed by atoms with Crippen LogP contribution in [-0.2, 0) is 24.4 Å². The van der Waals surface area contributed by atoms with Gasteiger partial charge in [-0.3, -0.25) is 14.4 Å². The molecule has 3 amide bonds. The predicted octanol–water partition coefficient (Wildman–Crippen LogP) is 4.89. The van der Waals surface area contributed by atoms with Crippen LogP contribution in [0, 0.1) is 11.3 Å². The van der Waals surface area contributed by atoms with Crippen molar-refractivity contribution in [2.45, 2.75) is 61.6 Å². The lowest BCUT2D eigenvalue weighted by Gasteiger charge is -2.32. The maximum atomic E-state index is 14.2. The maximum Gasteiger partial charge on any atom is 0.273 e. The molecule has 5 atom stereocenters. The van der Waals surface area contributed by atoms with E-state index < -0.39 is 62.9 Å². The van der Waals surface area contributed by atoms with Crippen LogP contribution in [0.2, 0.25) is 0 Å². The third-order valence-electron chi connectivity index (χ3n) is 9.42. The molecule has 270 valence electrons. The SMILES string of the molecule is C=C[C@@H]1C[C@]1(NC(=O)[C@@H]1C[C@@H](Oc2nc3ccccc3nc2-c2cccs2)CN1C(=O)[C@@H](O)C(C)(C)C)C(=O)NS(=O)(=O)c1cc2ccccc2s1. The van der Waals surface area contributed by atoms with Gasteiger partial charge in [0.05, 0.1) is 22.5 Å². The number of aliphatic hydroxyl groups is 1. The average molecular weight is 760 g/mol. The van der Waals surface area contributed by atoms with Crippen molar-refractivity contribution in [2.75, 3.05) is 6.54 Å². The number of nitrogens with one attached hydrogen (secondary N) is 2. The fourth-order valence-electron chi connectivity index (χ4n) is 6.39. The summed E-state index contributed by atoms with van der Waals surface area (Å²) in [6, 6.07) is 18.6. The summed E-state index contributed by atoms with van der Waals surface area (Å²) in [5.74, 6) is -2.61. The number of thiophene rings is 2. The Morgan fingerprint density at radius 2 is 1.79 bits per heavy atom. The van der Waals surface area contributed by atoms with Gasteiger partial charge in [0.2, 0.25) is 11.8 Å². The number of ether oxygens (including phenoxy) is 1. The molecular weight excluding hydrogens is 723 g/mol. The number of para-hydroxylation sites is 2. The van der Waals surface area contributed by atoms with Gasteiger partial charge >= 0.3 is 0 Å². The Morgan fingerprint density at radius 1 is 1.08 bits per heavy atom. The average Bonchev–Trinajstić information content (AvgIpc) is 3.55. The zero-order chi connectivity index (χ0) is 37.0. The number of sulfonamides is 1. The highest BCUT2D eigenvalue weighted by Crippen LogP contribution is 2.45. The first kappa shape index (κ1) is 35.7. The first-order valence-electron chi connectivity index (χ1n) is 16.7. The number of benzene rings is 2. The first-order chi connectivity index (χ1) is 24.7. The van der Waals surface area contributed by atoms with Crippen LogP contribution < -0.4 is 14.8 Å². The molecule has 0 unspecified atom stereocenters. The molecule has 2 aromatic carbocycles. The van der Waals surface area contributed by atoms with Gasteiger partial charge in [-0.05, 0) is 52.9 Å². The Morgan fingerprint density at radius 3 is 2.44 bits per heavy atom. The van der Waals surface area contributed by atoms with Crippen LogP contribution in [0.15, 0.2) is 89.0 Å². The molecule has 15 heteroatoms. The molecule has 4 heterocycles. The lowest BCUT2D eigenvalue weighted by molar-refractivity contribution is -0.150. The Kier molecular flexibility index (Phi) is 9.18. The number of hydrogen-bond donors (Lipinski definition) is 3. The lowest BCUT2D eigenvalue weighted by Crippen LogP contribution is -2.57. The van der Waals surface area contributed by atoms with Gasteiger partial charge in [0, 0.05) is 17.0 Å². The van der Waals surface area contributed by atoms with Gasteiger partial charge < -0.3 is 20.1 Å². The third kappa shape index (κ3) is 6.69. The Balaban J connectivity index is 1.16. The van der Waals surface area contributed by atoms with Gasteiger partial charge in [0.15, 0.2) is 0 Å². The van der Waals surface area contributed by atoms with E-state index in [4.69, 9.17) is 14.7 Å². The highest BCUT2D eigenvalue weighted by Gasteiger charge is 2.61. The van der Waals surface area contributed by atoms with Crippen molar-refractivity contribution in [3.8, 4) is 16.5 Å². The van der Waals surface area contributed by atoms with Crippen molar-refractivity contribution in [1.82, 2.24) is 24.9 Å². The van der Waals surface area contributed by atoms with Crippen LogP contribution in [0.5, 0.6) is 5.88 Å². The van der Waals surface area contributed by atoms with E-state index in [0.717, 1.165) is 26.3 Å². The summed E-state index contributed by atoms with van der Waals surface area (Å²) in [4.78, 5) is 53.4. The number of carbonyl (C=O) groups excluding carboxylic acids is 3. The van der Waals surface area contributed by atoms with E-state index in [0.29, 0.717) is 16.7 Å². The van der Waals surface area contributed by atoms with Gasteiger partial charge in [-0.15, -0.1) is 29.3 Å². The van der Waals surface area contributed by atoms with Gasteiger partial charge in [-0.1, -0.05) is 63.2 Å². The zero-order valence-electron chi connectivity index (χ0n) is 28.6. The number of amides is 3. The van der Waals surface area contributed by atoms with Gasteiger partial charge in [0.1, 0.15) is 33.7 Å². The number of nitrogens with zero attached hydrogens (tertiary/aromatic N) is 3. The minimum atomic E-state index is -4.28. The number of likely N-dealkylation sites (tertiary alicyclic amines) is 1. The van der Waals surface area contributed by atoms with Crippen molar-refractivity contribution >= 4 is 71.5 Å². The summed E-state index contributed by atoms with van der Waals surface area (Å²) in [6.45, 7) is 8.85. The quantitative estimate of drug-likeness (QED) is 0.168. The minimum Gasteiger partial charge on any atom is -0.471 e.